The molecule has 1 aromatic rings. The first-order valence-electron chi connectivity index (χ1n) is 12.7. The van der Waals surface area contributed by atoms with Crippen molar-refractivity contribution in [3.63, 3.8) is 0 Å². The third kappa shape index (κ3) is 8.10. The Bertz CT molecular complexity index is 925. The van der Waals surface area contributed by atoms with E-state index in [-0.39, 0.29) is 35.7 Å². The summed E-state index contributed by atoms with van der Waals surface area (Å²) >= 11 is 0. The normalized spacial score (nSPS) is 22.7. The molecule has 2 amide bonds. The van der Waals surface area contributed by atoms with Crippen LogP contribution in [0.2, 0.25) is 0 Å². The number of hydrogen-bond donors (Lipinski definition) is 3. The van der Waals surface area contributed by atoms with Gasteiger partial charge in [0.15, 0.2) is 0 Å². The minimum absolute atomic E-state index is 0.0122. The quantitative estimate of drug-likeness (QED) is 0.476. The second kappa shape index (κ2) is 11.9. The average Bonchev–Trinajstić information content (AvgIpc) is 2.79. The summed E-state index contributed by atoms with van der Waals surface area (Å²) in [5.41, 5.74) is 0.547. The lowest BCUT2D eigenvalue weighted by Gasteiger charge is -2.47. The highest BCUT2D eigenvalue weighted by atomic mass is 16.5. The van der Waals surface area contributed by atoms with Crippen molar-refractivity contribution in [2.45, 2.75) is 52.7 Å². The van der Waals surface area contributed by atoms with Crippen LogP contribution >= 0.6 is 0 Å². The Balaban J connectivity index is 1.52. The Morgan fingerprint density at radius 2 is 1.78 bits per heavy atom. The van der Waals surface area contributed by atoms with Gasteiger partial charge in [0.05, 0.1) is 11.6 Å². The van der Waals surface area contributed by atoms with Gasteiger partial charge in [-0.2, -0.15) is 5.26 Å². The molecule has 2 aliphatic heterocycles. The monoisotopic (exact) mass is 500 g/mol. The maximum absolute atomic E-state index is 13.4. The molecule has 2 aliphatic rings. The number of nitriles is 1. The van der Waals surface area contributed by atoms with Gasteiger partial charge in [-0.15, -0.1) is 0 Å². The van der Waals surface area contributed by atoms with Crippen molar-refractivity contribution in [3.8, 4) is 11.8 Å². The number of nitrogens with zero attached hydrogens (tertiary/aromatic N) is 3. The van der Waals surface area contributed by atoms with Crippen LogP contribution < -0.4 is 10.1 Å². The van der Waals surface area contributed by atoms with Crippen LogP contribution in [0.3, 0.4) is 0 Å². The van der Waals surface area contributed by atoms with Crippen LogP contribution in [0, 0.1) is 34.5 Å². The largest absolute Gasteiger partial charge is 0.491 e. The highest BCUT2D eigenvalue weighted by Gasteiger charge is 2.40. The van der Waals surface area contributed by atoms with E-state index in [0.717, 1.165) is 25.9 Å². The van der Waals surface area contributed by atoms with Crippen molar-refractivity contribution < 1.29 is 24.5 Å². The number of aliphatic hydroxyl groups is 1. The van der Waals surface area contributed by atoms with E-state index in [9.17, 15) is 19.8 Å². The molecule has 0 spiro atoms. The number of β-amino-alcohol motifs (C(OH)–C–C–N with tert-alkyl or cyclic N) is 1. The molecule has 0 aromatic heterocycles. The molecule has 9 nitrogen and oxygen atoms in total. The summed E-state index contributed by atoms with van der Waals surface area (Å²) in [6.45, 7) is 11.6. The number of rotatable bonds is 9. The first-order valence-corrected chi connectivity index (χ1v) is 12.7. The Kier molecular flexibility index (Phi) is 9.20. The molecule has 5 atom stereocenters. The highest BCUT2D eigenvalue weighted by molar-refractivity contribution is 5.85. The van der Waals surface area contributed by atoms with E-state index in [1.807, 2.05) is 11.8 Å². The van der Waals surface area contributed by atoms with Gasteiger partial charge in [-0.25, -0.2) is 4.79 Å². The standard InChI is InChI=1S/C27H40N4O5/c1-18(10-27(2,3)4)24(29-26(34)35)25(33)31-14-20-9-21(15-31)13-30(12-20)16-22(32)17-36-23-7-5-19(11-28)6-8-23/h5-8,18,20-22,24,29,32H,9-10,12-17H2,1-4H3,(H,34,35)/t18?,20?,21?,22?,24-/m0/s1. The minimum Gasteiger partial charge on any atom is -0.491 e. The number of carbonyl (C=O) groups is 2. The van der Waals surface area contributed by atoms with E-state index in [1.165, 1.54) is 0 Å². The van der Waals surface area contributed by atoms with E-state index in [1.54, 1.807) is 24.3 Å². The molecule has 198 valence electrons. The molecule has 3 rings (SSSR count). The zero-order chi connectivity index (χ0) is 26.5. The number of benzene rings is 1. The molecule has 4 unspecified atom stereocenters. The van der Waals surface area contributed by atoms with Crippen molar-refractivity contribution in [2.75, 3.05) is 39.3 Å². The van der Waals surface area contributed by atoms with Crippen LogP contribution in [0.25, 0.3) is 0 Å². The molecular weight excluding hydrogens is 460 g/mol. The van der Waals surface area contributed by atoms with Gasteiger partial charge < -0.3 is 25.2 Å². The molecule has 0 saturated carbocycles. The van der Waals surface area contributed by atoms with Gasteiger partial charge in [0.1, 0.15) is 24.5 Å². The fourth-order valence-electron chi connectivity index (χ4n) is 5.75. The number of carbonyl (C=O) groups excluding carboxylic acids is 1. The molecule has 2 saturated heterocycles. The lowest BCUT2D eigenvalue weighted by atomic mass is 9.80. The highest BCUT2D eigenvalue weighted by Crippen LogP contribution is 2.31. The summed E-state index contributed by atoms with van der Waals surface area (Å²) in [4.78, 5) is 29.0. The van der Waals surface area contributed by atoms with E-state index < -0.39 is 18.2 Å². The third-order valence-corrected chi connectivity index (χ3v) is 6.91. The molecule has 9 heteroatoms. The minimum atomic E-state index is -1.17. The number of amides is 2. The maximum Gasteiger partial charge on any atom is 0.405 e. The van der Waals surface area contributed by atoms with E-state index >= 15 is 0 Å². The number of piperidine rings is 2. The first-order chi connectivity index (χ1) is 16.9. The third-order valence-electron chi connectivity index (χ3n) is 6.91. The van der Waals surface area contributed by atoms with Gasteiger partial charge in [0, 0.05) is 32.7 Å². The molecule has 1 aromatic carbocycles. The molecule has 0 radical (unpaired) electrons. The second-order valence-electron chi connectivity index (χ2n) is 11.7. The summed E-state index contributed by atoms with van der Waals surface area (Å²) in [6, 6.07) is 8.11. The summed E-state index contributed by atoms with van der Waals surface area (Å²) in [5, 5.41) is 31.3. The van der Waals surface area contributed by atoms with Gasteiger partial charge in [-0.3, -0.25) is 9.69 Å². The zero-order valence-corrected chi connectivity index (χ0v) is 21.8. The van der Waals surface area contributed by atoms with Gasteiger partial charge in [-0.1, -0.05) is 27.7 Å². The SMILES string of the molecule is CC(CC(C)(C)C)[C@H](NC(=O)O)C(=O)N1CC2CC(CN(CC(O)COc3ccc(C#N)cc3)C2)C1. The van der Waals surface area contributed by atoms with Crippen LogP contribution in [-0.2, 0) is 4.79 Å². The van der Waals surface area contributed by atoms with Gasteiger partial charge >= 0.3 is 6.09 Å². The number of hydrogen-bond acceptors (Lipinski definition) is 6. The molecular formula is C27H40N4O5. The van der Waals surface area contributed by atoms with Crippen LogP contribution in [0.15, 0.2) is 24.3 Å². The lowest BCUT2D eigenvalue weighted by Crippen LogP contribution is -2.59. The summed E-state index contributed by atoms with van der Waals surface area (Å²) in [7, 11) is 0. The molecule has 36 heavy (non-hydrogen) atoms. The van der Waals surface area contributed by atoms with Crippen molar-refractivity contribution in [1.29, 1.82) is 5.26 Å². The van der Waals surface area contributed by atoms with Crippen molar-refractivity contribution in [2.24, 2.45) is 23.2 Å². The van der Waals surface area contributed by atoms with Crippen molar-refractivity contribution >= 4 is 12.0 Å². The average molecular weight is 501 g/mol. The fraction of sp³-hybridized carbons (Fsp3) is 0.667. The Morgan fingerprint density at radius 3 is 2.31 bits per heavy atom. The number of likely N-dealkylation sites (tertiary alicyclic amines) is 2. The van der Waals surface area contributed by atoms with E-state index in [2.05, 4.69) is 37.1 Å². The summed E-state index contributed by atoms with van der Waals surface area (Å²) in [6.07, 6.45) is -0.0536. The Labute approximate surface area is 214 Å². The zero-order valence-electron chi connectivity index (χ0n) is 21.8. The molecule has 2 fully saturated rings. The van der Waals surface area contributed by atoms with Gasteiger partial charge in [-0.05, 0) is 60.3 Å². The van der Waals surface area contributed by atoms with Crippen molar-refractivity contribution in [1.82, 2.24) is 15.1 Å². The molecule has 0 aliphatic carbocycles. The fourth-order valence-corrected chi connectivity index (χ4v) is 5.75. The van der Waals surface area contributed by atoms with E-state index in [0.29, 0.717) is 30.9 Å². The number of aliphatic hydroxyl groups excluding tert-OH is 1. The van der Waals surface area contributed by atoms with Crippen LogP contribution in [0.5, 0.6) is 5.75 Å². The summed E-state index contributed by atoms with van der Waals surface area (Å²) < 4.78 is 5.67. The van der Waals surface area contributed by atoms with E-state index in [4.69, 9.17) is 10.00 Å². The Morgan fingerprint density at radius 1 is 1.17 bits per heavy atom. The maximum atomic E-state index is 13.4. The first kappa shape index (κ1) is 27.8. The number of nitrogens with one attached hydrogen (secondary N) is 1. The lowest BCUT2D eigenvalue weighted by molar-refractivity contribution is -0.139. The number of fused-ring (bicyclic) bond motifs is 2. The molecule has 3 N–H and O–H groups in total. The number of ether oxygens (including phenoxy) is 1. The van der Waals surface area contributed by atoms with Crippen LogP contribution in [0.1, 0.15) is 46.1 Å². The number of carboxylic acid groups (broad SMARTS) is 1. The smallest absolute Gasteiger partial charge is 0.405 e. The van der Waals surface area contributed by atoms with Crippen LogP contribution in [-0.4, -0.2) is 83.5 Å². The molecule has 2 bridgehead atoms. The van der Waals surface area contributed by atoms with Gasteiger partial charge in [0.2, 0.25) is 5.91 Å². The topological polar surface area (TPSA) is 126 Å². The second-order valence-corrected chi connectivity index (χ2v) is 11.7. The van der Waals surface area contributed by atoms with Gasteiger partial charge in [0.25, 0.3) is 0 Å². The predicted molar refractivity (Wildman–Crippen MR) is 135 cm³/mol. The molecule has 2 heterocycles. The predicted octanol–water partition coefficient (Wildman–Crippen LogP) is 2.79. The van der Waals surface area contributed by atoms with Crippen molar-refractivity contribution in [3.05, 3.63) is 29.8 Å². The Hall–Kier alpha value is -2.83. The van der Waals surface area contributed by atoms with Crippen LogP contribution in [0.4, 0.5) is 4.79 Å². The summed E-state index contributed by atoms with van der Waals surface area (Å²) in [5.74, 6) is 0.946.